The first-order valence-corrected chi connectivity index (χ1v) is 13.0. The van der Waals surface area contributed by atoms with E-state index in [1.807, 2.05) is 18.7 Å². The molecular formula is C27H24BClF3N7. The molecular weight excluding hydrogens is 526 g/mol. The zero-order valence-electron chi connectivity index (χ0n) is 21.3. The smallest absolute Gasteiger partial charge is 0.252 e. The van der Waals surface area contributed by atoms with Gasteiger partial charge in [-0.2, -0.15) is 5.26 Å². The Morgan fingerprint density at radius 1 is 1.21 bits per heavy atom. The van der Waals surface area contributed by atoms with Crippen LogP contribution in [0.15, 0.2) is 48.8 Å². The summed E-state index contributed by atoms with van der Waals surface area (Å²) in [4.78, 5) is 4.37. The van der Waals surface area contributed by atoms with Crippen molar-refractivity contribution in [1.82, 2.24) is 20.0 Å². The van der Waals surface area contributed by atoms with Crippen LogP contribution in [-0.2, 0) is 5.44 Å². The highest BCUT2D eigenvalue weighted by Gasteiger charge is 2.54. The van der Waals surface area contributed by atoms with Crippen LogP contribution < -0.4 is 10.6 Å². The fourth-order valence-electron chi connectivity index (χ4n) is 5.41. The number of halogens is 4. The number of nitrogens with zero attached hydrogens (tertiary/aromatic N) is 5. The van der Waals surface area contributed by atoms with Crippen molar-refractivity contribution in [3.63, 3.8) is 0 Å². The van der Waals surface area contributed by atoms with Gasteiger partial charge in [0.15, 0.2) is 0 Å². The highest BCUT2D eigenvalue weighted by molar-refractivity contribution is 6.36. The topological polar surface area (TPSA) is 91.5 Å². The van der Waals surface area contributed by atoms with Crippen molar-refractivity contribution < 1.29 is 13.2 Å². The normalized spacial score (nSPS) is 19.1. The molecule has 2 aliphatic rings. The van der Waals surface area contributed by atoms with Crippen molar-refractivity contribution in [2.75, 3.05) is 10.6 Å². The van der Waals surface area contributed by atoms with Crippen molar-refractivity contribution in [1.29, 1.82) is 5.26 Å². The number of hydrogen-bond donors (Lipinski definition) is 2. The van der Waals surface area contributed by atoms with Crippen LogP contribution in [0.4, 0.5) is 24.5 Å². The van der Waals surface area contributed by atoms with E-state index < -0.39 is 16.9 Å². The molecule has 2 aromatic carbocycles. The van der Waals surface area contributed by atoms with Gasteiger partial charge in [-0.15, -0.1) is 5.10 Å². The van der Waals surface area contributed by atoms with E-state index >= 15 is 0 Å². The van der Waals surface area contributed by atoms with Gasteiger partial charge in [-0.25, -0.2) is 17.9 Å². The van der Waals surface area contributed by atoms with Crippen molar-refractivity contribution in [3.05, 3.63) is 76.5 Å². The number of fused-ring (bicyclic) bond motifs is 1. The third-order valence-corrected chi connectivity index (χ3v) is 7.82. The molecule has 0 amide bonds. The first kappa shape index (κ1) is 25.5. The maximum Gasteiger partial charge on any atom is 0.252 e. The summed E-state index contributed by atoms with van der Waals surface area (Å²) in [5, 5.41) is 26.1. The zero-order chi connectivity index (χ0) is 27.6. The third kappa shape index (κ3) is 4.67. The van der Waals surface area contributed by atoms with Gasteiger partial charge in [0, 0.05) is 35.7 Å². The molecule has 1 atom stereocenters. The van der Waals surface area contributed by atoms with Crippen LogP contribution in [0.1, 0.15) is 55.5 Å². The molecule has 4 aromatic rings. The molecule has 0 saturated heterocycles. The fraction of sp³-hybridized carbons (Fsp3) is 0.333. The van der Waals surface area contributed by atoms with E-state index in [4.69, 9.17) is 11.6 Å². The molecule has 198 valence electrons. The van der Waals surface area contributed by atoms with Crippen LogP contribution in [-0.4, -0.2) is 39.3 Å². The lowest BCUT2D eigenvalue weighted by molar-refractivity contribution is -0.109. The van der Waals surface area contributed by atoms with Crippen molar-refractivity contribution in [2.24, 2.45) is 0 Å². The molecule has 12 heteroatoms. The quantitative estimate of drug-likeness (QED) is 0.301. The first-order chi connectivity index (χ1) is 18.5. The first-order valence-electron chi connectivity index (χ1n) is 12.6. The van der Waals surface area contributed by atoms with Crippen molar-refractivity contribution in [2.45, 2.75) is 55.5 Å². The lowest BCUT2D eigenvalue weighted by Crippen LogP contribution is -2.54. The average molecular weight is 550 g/mol. The summed E-state index contributed by atoms with van der Waals surface area (Å²) in [6, 6.07) is 12.1. The Morgan fingerprint density at radius 2 is 1.92 bits per heavy atom. The standard InChI is InChI=1S/C27H24BClF3N7/c1-25(13-26(31,32)14-25)36-23-15(10-33)11-34-24-20(23)8-18(9-21(24)29)35-27(28,16-2-4-17(30)5-3-16)22-12-39(38-37-22)19-6-7-19/h2-5,8-9,11-12,19,35H,6-7,13-14,28H2,1H3,(H,34,36). The molecule has 2 fully saturated rings. The Kier molecular flexibility index (Phi) is 5.81. The molecule has 0 aliphatic heterocycles. The summed E-state index contributed by atoms with van der Waals surface area (Å²) in [5.41, 5.74) is 1.18. The summed E-state index contributed by atoms with van der Waals surface area (Å²) >= 11 is 6.67. The van der Waals surface area contributed by atoms with Gasteiger partial charge in [-0.05, 0) is 49.6 Å². The predicted molar refractivity (Wildman–Crippen MR) is 145 cm³/mol. The van der Waals surface area contributed by atoms with Crippen LogP contribution >= 0.6 is 11.6 Å². The summed E-state index contributed by atoms with van der Waals surface area (Å²) in [5.74, 6) is -3.12. The average Bonchev–Trinajstić information content (AvgIpc) is 3.59. The van der Waals surface area contributed by atoms with E-state index in [9.17, 15) is 18.4 Å². The van der Waals surface area contributed by atoms with Gasteiger partial charge in [0.2, 0.25) is 0 Å². The second-order valence-electron chi connectivity index (χ2n) is 11.0. The maximum absolute atomic E-state index is 13.8. The van der Waals surface area contributed by atoms with E-state index in [0.29, 0.717) is 39.0 Å². The summed E-state index contributed by atoms with van der Waals surface area (Å²) in [6.07, 6.45) is 4.66. The molecule has 2 N–H and O–H groups in total. The number of nitriles is 1. The Labute approximate surface area is 228 Å². The van der Waals surface area contributed by atoms with Crippen LogP contribution in [0.25, 0.3) is 10.9 Å². The molecule has 2 aromatic heterocycles. The molecule has 6 rings (SSSR count). The molecule has 2 aliphatic carbocycles. The molecule has 0 spiro atoms. The summed E-state index contributed by atoms with van der Waals surface area (Å²) < 4.78 is 43.2. The van der Waals surface area contributed by atoms with E-state index in [0.717, 1.165) is 18.4 Å². The maximum atomic E-state index is 13.8. The van der Waals surface area contributed by atoms with Crippen LogP contribution in [0, 0.1) is 17.1 Å². The van der Waals surface area contributed by atoms with Gasteiger partial charge < -0.3 is 10.6 Å². The van der Waals surface area contributed by atoms with Gasteiger partial charge in [0.25, 0.3) is 5.92 Å². The van der Waals surface area contributed by atoms with Gasteiger partial charge in [-0.1, -0.05) is 28.9 Å². The number of hydrogen-bond acceptors (Lipinski definition) is 6. The van der Waals surface area contributed by atoms with Gasteiger partial charge in [-0.3, -0.25) is 4.98 Å². The van der Waals surface area contributed by atoms with Crippen molar-refractivity contribution >= 4 is 41.7 Å². The zero-order valence-corrected chi connectivity index (χ0v) is 22.0. The van der Waals surface area contributed by atoms with E-state index in [2.05, 4.69) is 32.0 Å². The SMILES string of the molecule is BC(Nc1cc(Cl)c2ncc(C#N)c(NC3(C)CC(F)(F)C3)c2c1)(c1ccc(F)cc1)c1cn(C2CC2)nn1. The van der Waals surface area contributed by atoms with Gasteiger partial charge in [0.1, 0.15) is 25.4 Å². The highest BCUT2D eigenvalue weighted by Crippen LogP contribution is 2.48. The van der Waals surface area contributed by atoms with E-state index in [-0.39, 0.29) is 24.2 Å². The second-order valence-corrected chi connectivity index (χ2v) is 11.4. The summed E-state index contributed by atoms with van der Waals surface area (Å²) in [6.45, 7) is 1.70. The number of alkyl halides is 2. The summed E-state index contributed by atoms with van der Waals surface area (Å²) in [7, 11) is 1.92. The van der Waals surface area contributed by atoms with Crippen molar-refractivity contribution in [3.8, 4) is 6.07 Å². The number of benzene rings is 2. The molecule has 2 saturated carbocycles. The Balaban J connectivity index is 1.45. The van der Waals surface area contributed by atoms with Crippen LogP contribution in [0.5, 0.6) is 0 Å². The molecule has 1 unspecified atom stereocenters. The molecule has 39 heavy (non-hydrogen) atoms. The largest absolute Gasteiger partial charge is 0.378 e. The van der Waals surface area contributed by atoms with Crippen LogP contribution in [0.2, 0.25) is 5.02 Å². The minimum Gasteiger partial charge on any atom is -0.378 e. The number of aromatic nitrogens is 4. The lowest BCUT2D eigenvalue weighted by atomic mass is 9.69. The minimum absolute atomic E-state index is 0.223. The Bertz CT molecular complexity index is 1620. The third-order valence-electron chi connectivity index (χ3n) is 7.53. The highest BCUT2D eigenvalue weighted by atomic mass is 35.5. The van der Waals surface area contributed by atoms with E-state index in [1.165, 1.54) is 18.3 Å². The van der Waals surface area contributed by atoms with Gasteiger partial charge in [0.05, 0.1) is 39.5 Å². The van der Waals surface area contributed by atoms with Gasteiger partial charge >= 0.3 is 0 Å². The second kappa shape index (κ2) is 8.88. The monoisotopic (exact) mass is 549 g/mol. The number of pyridine rings is 1. The Morgan fingerprint density at radius 3 is 2.56 bits per heavy atom. The van der Waals surface area contributed by atoms with Crippen LogP contribution in [0.3, 0.4) is 0 Å². The number of anilines is 2. The molecule has 2 heterocycles. The molecule has 0 radical (unpaired) electrons. The Hall–Kier alpha value is -3.78. The minimum atomic E-state index is -2.75. The lowest BCUT2D eigenvalue weighted by Gasteiger charge is -2.46. The molecule has 0 bridgehead atoms. The fourth-order valence-corrected chi connectivity index (χ4v) is 5.68. The van der Waals surface area contributed by atoms with E-state index in [1.54, 1.807) is 31.2 Å². The number of nitrogens with one attached hydrogen (secondary N) is 2. The number of rotatable bonds is 7. The molecule has 7 nitrogen and oxygen atoms in total. The predicted octanol–water partition coefficient (Wildman–Crippen LogP) is 5.37.